The molecule has 2 N–H and O–H groups in total. The van der Waals surface area contributed by atoms with Gasteiger partial charge in [-0.05, 0) is 18.2 Å². The van der Waals surface area contributed by atoms with E-state index in [0.29, 0.717) is 12.1 Å². The minimum Gasteiger partial charge on any atom is -0.330 e. The first-order valence-electron chi connectivity index (χ1n) is 5.09. The molecule has 0 aliphatic rings. The summed E-state index contributed by atoms with van der Waals surface area (Å²) in [5.74, 6) is 0.0711. The second-order valence-corrected chi connectivity index (χ2v) is 4.93. The number of fused-ring (bicyclic) bond motifs is 1. The summed E-state index contributed by atoms with van der Waals surface area (Å²) in [6, 6.07) is 3.62. The van der Waals surface area contributed by atoms with Crippen LogP contribution in [0, 0.1) is 0 Å². The van der Waals surface area contributed by atoms with Gasteiger partial charge in [0.15, 0.2) is 0 Å². The van der Waals surface area contributed by atoms with E-state index < -0.39 is 11.7 Å². The highest BCUT2D eigenvalue weighted by Gasteiger charge is 2.30. The average molecular weight is 260 g/mol. The lowest BCUT2D eigenvalue weighted by Crippen LogP contribution is -2.08. The van der Waals surface area contributed by atoms with Crippen molar-refractivity contribution in [3.8, 4) is 0 Å². The van der Waals surface area contributed by atoms with E-state index in [-0.39, 0.29) is 5.92 Å². The van der Waals surface area contributed by atoms with Crippen molar-refractivity contribution in [3.63, 3.8) is 0 Å². The molecule has 0 aliphatic carbocycles. The number of hydrogen-bond donors (Lipinski definition) is 1. The average Bonchev–Trinajstić information content (AvgIpc) is 2.69. The van der Waals surface area contributed by atoms with E-state index in [1.165, 1.54) is 17.4 Å². The number of nitrogens with two attached hydrogens (primary N) is 1. The van der Waals surface area contributed by atoms with Gasteiger partial charge in [0.2, 0.25) is 0 Å². The Labute approximate surface area is 100 Å². The number of alkyl halides is 3. The molecule has 0 saturated heterocycles. The first kappa shape index (κ1) is 12.3. The third kappa shape index (κ3) is 2.42. The Balaban J connectivity index is 2.48. The summed E-state index contributed by atoms with van der Waals surface area (Å²) in [5, 5.41) is 0.779. The normalized spacial score (nSPS) is 14.2. The molecule has 0 amide bonds. The summed E-state index contributed by atoms with van der Waals surface area (Å²) >= 11 is 1.39. The fourth-order valence-electron chi connectivity index (χ4n) is 1.43. The summed E-state index contributed by atoms with van der Waals surface area (Å²) in [7, 11) is 0. The van der Waals surface area contributed by atoms with E-state index >= 15 is 0 Å². The first-order chi connectivity index (χ1) is 7.91. The van der Waals surface area contributed by atoms with Gasteiger partial charge in [0.25, 0.3) is 0 Å². The lowest BCUT2D eigenvalue weighted by molar-refractivity contribution is -0.137. The fraction of sp³-hybridized carbons (Fsp3) is 0.364. The highest BCUT2D eigenvalue weighted by molar-refractivity contribution is 7.18. The molecule has 17 heavy (non-hydrogen) atoms. The number of halogens is 3. The summed E-state index contributed by atoms with van der Waals surface area (Å²) in [6.07, 6.45) is -4.32. The monoisotopic (exact) mass is 260 g/mol. The van der Waals surface area contributed by atoms with Crippen LogP contribution in [0.25, 0.3) is 10.2 Å². The van der Waals surface area contributed by atoms with Crippen LogP contribution in [0.15, 0.2) is 18.2 Å². The van der Waals surface area contributed by atoms with Gasteiger partial charge in [-0.15, -0.1) is 11.3 Å². The van der Waals surface area contributed by atoms with E-state index in [9.17, 15) is 13.2 Å². The quantitative estimate of drug-likeness (QED) is 0.899. The van der Waals surface area contributed by atoms with Crippen molar-refractivity contribution in [3.05, 3.63) is 28.8 Å². The maximum absolute atomic E-state index is 12.5. The molecule has 1 aromatic heterocycles. The van der Waals surface area contributed by atoms with Crippen LogP contribution in [0.2, 0.25) is 0 Å². The van der Waals surface area contributed by atoms with Crippen molar-refractivity contribution in [2.75, 3.05) is 6.54 Å². The zero-order chi connectivity index (χ0) is 12.6. The van der Waals surface area contributed by atoms with Gasteiger partial charge in [0.05, 0.1) is 20.8 Å². The number of thiazole rings is 1. The molecule has 0 spiro atoms. The summed E-state index contributed by atoms with van der Waals surface area (Å²) in [4.78, 5) is 4.20. The Morgan fingerprint density at radius 2 is 2.12 bits per heavy atom. The highest BCUT2D eigenvalue weighted by atomic mass is 32.1. The van der Waals surface area contributed by atoms with Crippen LogP contribution < -0.4 is 5.73 Å². The molecule has 2 nitrogen and oxygen atoms in total. The van der Waals surface area contributed by atoms with Crippen molar-refractivity contribution >= 4 is 21.6 Å². The third-order valence-corrected chi connectivity index (χ3v) is 3.77. The van der Waals surface area contributed by atoms with E-state index in [0.717, 1.165) is 21.8 Å². The molecule has 0 radical (unpaired) electrons. The molecule has 1 atom stereocenters. The number of rotatable bonds is 2. The minimum absolute atomic E-state index is 0.0711. The fourth-order valence-corrected chi connectivity index (χ4v) is 2.45. The molecule has 1 aromatic carbocycles. The number of hydrogen-bond acceptors (Lipinski definition) is 3. The van der Waals surface area contributed by atoms with Gasteiger partial charge < -0.3 is 5.73 Å². The van der Waals surface area contributed by atoms with Crippen molar-refractivity contribution < 1.29 is 13.2 Å². The third-order valence-electron chi connectivity index (χ3n) is 2.51. The molecule has 6 heteroatoms. The molecule has 0 bridgehead atoms. The Morgan fingerprint density at radius 3 is 2.71 bits per heavy atom. The van der Waals surface area contributed by atoms with Gasteiger partial charge in [-0.2, -0.15) is 13.2 Å². The SMILES string of the molecule is CC(CN)c1nc2cc(C(F)(F)F)ccc2s1. The topological polar surface area (TPSA) is 38.9 Å². The largest absolute Gasteiger partial charge is 0.416 e. The Morgan fingerprint density at radius 1 is 1.41 bits per heavy atom. The second-order valence-electron chi connectivity index (χ2n) is 3.87. The standard InChI is InChI=1S/C11H11F3N2S/c1-6(5-15)10-16-8-4-7(11(12,13)14)2-3-9(8)17-10/h2-4,6H,5,15H2,1H3. The van der Waals surface area contributed by atoms with Gasteiger partial charge in [0, 0.05) is 12.5 Å². The van der Waals surface area contributed by atoms with Gasteiger partial charge in [-0.25, -0.2) is 4.98 Å². The molecule has 0 saturated carbocycles. The molecular formula is C11H11F3N2S. The van der Waals surface area contributed by atoms with Crippen molar-refractivity contribution in [1.29, 1.82) is 0 Å². The summed E-state index contributed by atoms with van der Waals surface area (Å²) < 4.78 is 38.3. The Kier molecular flexibility index (Phi) is 3.09. The van der Waals surface area contributed by atoms with E-state index in [2.05, 4.69) is 4.98 Å². The molecule has 0 fully saturated rings. The number of aromatic nitrogens is 1. The predicted molar refractivity (Wildman–Crippen MR) is 62.1 cm³/mol. The van der Waals surface area contributed by atoms with Crippen LogP contribution in [-0.4, -0.2) is 11.5 Å². The summed E-state index contributed by atoms with van der Waals surface area (Å²) in [6.45, 7) is 2.34. The smallest absolute Gasteiger partial charge is 0.330 e. The van der Waals surface area contributed by atoms with Crippen LogP contribution >= 0.6 is 11.3 Å². The maximum atomic E-state index is 12.5. The molecule has 92 valence electrons. The van der Waals surface area contributed by atoms with Gasteiger partial charge in [0.1, 0.15) is 0 Å². The predicted octanol–water partition coefficient (Wildman–Crippen LogP) is 3.38. The number of benzene rings is 1. The molecule has 1 heterocycles. The zero-order valence-electron chi connectivity index (χ0n) is 9.08. The Bertz CT molecular complexity index is 533. The molecular weight excluding hydrogens is 249 g/mol. The van der Waals surface area contributed by atoms with Crippen molar-refractivity contribution in [2.24, 2.45) is 5.73 Å². The first-order valence-corrected chi connectivity index (χ1v) is 5.91. The van der Waals surface area contributed by atoms with Gasteiger partial charge in [-0.1, -0.05) is 6.92 Å². The van der Waals surface area contributed by atoms with Crippen LogP contribution in [0.5, 0.6) is 0 Å². The lowest BCUT2D eigenvalue weighted by atomic mass is 10.2. The van der Waals surface area contributed by atoms with Crippen LogP contribution in [0.1, 0.15) is 23.4 Å². The van der Waals surface area contributed by atoms with Gasteiger partial charge >= 0.3 is 6.18 Å². The van der Waals surface area contributed by atoms with Gasteiger partial charge in [-0.3, -0.25) is 0 Å². The number of nitrogens with zero attached hydrogens (tertiary/aromatic N) is 1. The minimum atomic E-state index is -4.32. The second kappa shape index (κ2) is 4.27. The van der Waals surface area contributed by atoms with Crippen LogP contribution in [0.4, 0.5) is 13.2 Å². The van der Waals surface area contributed by atoms with E-state index in [1.807, 2.05) is 6.92 Å². The summed E-state index contributed by atoms with van der Waals surface area (Å²) in [5.41, 5.74) is 5.24. The van der Waals surface area contributed by atoms with Crippen molar-refractivity contribution in [2.45, 2.75) is 19.0 Å². The van der Waals surface area contributed by atoms with Crippen LogP contribution in [-0.2, 0) is 6.18 Å². The highest BCUT2D eigenvalue weighted by Crippen LogP contribution is 2.34. The molecule has 0 aliphatic heterocycles. The van der Waals surface area contributed by atoms with E-state index in [4.69, 9.17) is 5.73 Å². The Hall–Kier alpha value is -1.14. The van der Waals surface area contributed by atoms with Crippen LogP contribution in [0.3, 0.4) is 0 Å². The van der Waals surface area contributed by atoms with E-state index in [1.54, 1.807) is 0 Å². The molecule has 2 aromatic rings. The maximum Gasteiger partial charge on any atom is 0.416 e. The molecule has 2 rings (SSSR count). The lowest BCUT2D eigenvalue weighted by Gasteiger charge is -2.04. The zero-order valence-corrected chi connectivity index (χ0v) is 9.90. The van der Waals surface area contributed by atoms with Crippen molar-refractivity contribution in [1.82, 2.24) is 4.98 Å². The molecule has 1 unspecified atom stereocenters.